The van der Waals surface area contributed by atoms with Crippen molar-refractivity contribution in [3.63, 3.8) is 0 Å². The van der Waals surface area contributed by atoms with Crippen LogP contribution in [0.4, 0.5) is 5.69 Å². The van der Waals surface area contributed by atoms with Crippen molar-refractivity contribution >= 4 is 44.3 Å². The number of primary sulfonamides is 1. The van der Waals surface area contributed by atoms with Gasteiger partial charge in [-0.2, -0.15) is 0 Å². The van der Waals surface area contributed by atoms with Crippen LogP contribution < -0.4 is 16.0 Å². The average Bonchev–Trinajstić information content (AvgIpc) is 2.78. The number of hydrogen-bond donors (Lipinski definition) is 2. The minimum atomic E-state index is -3.81. The molecule has 1 amide bonds. The molecule has 0 fully saturated rings. The maximum Gasteiger partial charge on any atom is 0.262 e. The third kappa shape index (κ3) is 6.66. The van der Waals surface area contributed by atoms with Crippen molar-refractivity contribution in [2.75, 3.05) is 11.9 Å². The molecular weight excluding hydrogens is 476 g/mol. The van der Waals surface area contributed by atoms with Crippen molar-refractivity contribution in [2.45, 2.75) is 55.1 Å². The van der Waals surface area contributed by atoms with Gasteiger partial charge in [-0.3, -0.25) is 14.2 Å². The lowest BCUT2D eigenvalue weighted by atomic mass is 10.2. The summed E-state index contributed by atoms with van der Waals surface area (Å²) in [4.78, 5) is 30.5. The second-order valence-corrected chi connectivity index (χ2v) is 10.8. The number of fused-ring (bicyclic) bond motifs is 1. The number of nitrogens with two attached hydrogens (primary N) is 1. The maximum atomic E-state index is 13.1. The Morgan fingerprint density at radius 3 is 2.47 bits per heavy atom. The van der Waals surface area contributed by atoms with Crippen molar-refractivity contribution < 1.29 is 17.9 Å². The van der Waals surface area contributed by atoms with Crippen molar-refractivity contribution in [2.24, 2.45) is 5.14 Å². The number of sulfonamides is 1. The van der Waals surface area contributed by atoms with Gasteiger partial charge < -0.3 is 10.1 Å². The van der Waals surface area contributed by atoms with Gasteiger partial charge in [-0.1, -0.05) is 23.9 Å². The van der Waals surface area contributed by atoms with Gasteiger partial charge in [-0.05, 0) is 63.6 Å². The zero-order chi connectivity index (χ0) is 24.9. The third-order valence-electron chi connectivity index (χ3n) is 4.91. The molecule has 2 aromatic carbocycles. The molecule has 3 rings (SSSR count). The molecule has 0 aliphatic rings. The van der Waals surface area contributed by atoms with Crippen LogP contribution in [-0.4, -0.2) is 41.8 Å². The van der Waals surface area contributed by atoms with Crippen molar-refractivity contribution in [1.82, 2.24) is 9.55 Å². The number of hydrogen-bond acceptors (Lipinski definition) is 7. The molecule has 0 saturated heterocycles. The zero-order valence-electron chi connectivity index (χ0n) is 19.2. The predicted molar refractivity (Wildman–Crippen MR) is 133 cm³/mol. The summed E-state index contributed by atoms with van der Waals surface area (Å²) in [5.41, 5.74) is 0.833. The molecule has 3 N–H and O–H groups in total. The average molecular weight is 505 g/mol. The Hall–Kier alpha value is -2.73. The highest BCUT2D eigenvalue weighted by molar-refractivity contribution is 8.00. The summed E-state index contributed by atoms with van der Waals surface area (Å²) in [6, 6.07) is 12.7. The molecule has 0 radical (unpaired) electrons. The van der Waals surface area contributed by atoms with Gasteiger partial charge in [-0.15, -0.1) is 0 Å². The van der Waals surface area contributed by atoms with E-state index in [0.717, 1.165) is 0 Å². The van der Waals surface area contributed by atoms with Crippen LogP contribution in [0.3, 0.4) is 0 Å². The van der Waals surface area contributed by atoms with E-state index < -0.39 is 15.3 Å². The molecule has 1 atom stereocenters. The maximum absolute atomic E-state index is 13.1. The molecule has 0 saturated carbocycles. The largest absolute Gasteiger partial charge is 0.379 e. The second kappa shape index (κ2) is 11.1. The highest BCUT2D eigenvalue weighted by Gasteiger charge is 2.20. The summed E-state index contributed by atoms with van der Waals surface area (Å²) in [6.45, 7) is 6.54. The first-order valence-corrected chi connectivity index (χ1v) is 13.2. The fourth-order valence-corrected chi connectivity index (χ4v) is 4.61. The first-order valence-electron chi connectivity index (χ1n) is 10.8. The SMILES string of the molecule is CC(C)OCCCn1c(SC(C)C(=O)Nc2ccc(S(N)(=O)=O)cc2)nc2ccccc2c1=O. The Labute approximate surface area is 202 Å². The lowest BCUT2D eigenvalue weighted by molar-refractivity contribution is -0.115. The molecule has 34 heavy (non-hydrogen) atoms. The summed E-state index contributed by atoms with van der Waals surface area (Å²) in [7, 11) is -3.81. The van der Waals surface area contributed by atoms with E-state index in [1.54, 1.807) is 29.7 Å². The second-order valence-electron chi connectivity index (χ2n) is 7.96. The number of carbonyl (C=O) groups is 1. The van der Waals surface area contributed by atoms with Crippen molar-refractivity contribution in [3.8, 4) is 0 Å². The van der Waals surface area contributed by atoms with Gasteiger partial charge in [-0.25, -0.2) is 18.5 Å². The molecule has 0 spiro atoms. The molecule has 9 nitrogen and oxygen atoms in total. The molecule has 0 bridgehead atoms. The number of nitrogens with zero attached hydrogens (tertiary/aromatic N) is 2. The summed E-state index contributed by atoms with van der Waals surface area (Å²) in [5, 5.41) is 8.23. The van der Waals surface area contributed by atoms with Crippen LogP contribution in [0.25, 0.3) is 10.9 Å². The third-order valence-corrected chi connectivity index (χ3v) is 6.93. The standard InChI is InChI=1S/C23H28N4O5S2/c1-15(2)32-14-6-13-27-22(29)19-7-4-5-8-20(19)26-23(27)33-16(3)21(28)25-17-9-11-18(12-10-17)34(24,30)31/h4-5,7-12,15-16H,6,13-14H2,1-3H3,(H,25,28)(H2,24,30,31). The monoisotopic (exact) mass is 504 g/mol. The van der Waals surface area contributed by atoms with E-state index in [4.69, 9.17) is 9.88 Å². The Kier molecular flexibility index (Phi) is 8.47. The van der Waals surface area contributed by atoms with E-state index in [1.807, 2.05) is 19.9 Å². The number of thioether (sulfide) groups is 1. The number of nitrogens with one attached hydrogen (secondary N) is 1. The highest BCUT2D eigenvalue weighted by Crippen LogP contribution is 2.24. The van der Waals surface area contributed by atoms with Gasteiger partial charge in [0.15, 0.2) is 5.16 Å². The van der Waals surface area contributed by atoms with Gasteiger partial charge in [0.25, 0.3) is 5.56 Å². The van der Waals surface area contributed by atoms with E-state index >= 15 is 0 Å². The van der Waals surface area contributed by atoms with E-state index in [-0.39, 0.29) is 22.5 Å². The minimum absolute atomic E-state index is 0.0428. The highest BCUT2D eigenvalue weighted by atomic mass is 32.2. The smallest absolute Gasteiger partial charge is 0.262 e. The number of benzene rings is 2. The van der Waals surface area contributed by atoms with Crippen LogP contribution in [0.2, 0.25) is 0 Å². The van der Waals surface area contributed by atoms with Crippen LogP contribution >= 0.6 is 11.8 Å². The molecular formula is C23H28N4O5S2. The predicted octanol–water partition coefficient (Wildman–Crippen LogP) is 2.98. The molecule has 182 valence electrons. The van der Waals surface area contributed by atoms with Crippen molar-refractivity contribution in [3.05, 3.63) is 58.9 Å². The molecule has 1 aromatic heterocycles. The first kappa shape index (κ1) is 25.9. The number of carbonyl (C=O) groups excluding carboxylic acids is 1. The molecule has 0 aliphatic carbocycles. The Morgan fingerprint density at radius 1 is 1.15 bits per heavy atom. The van der Waals surface area contributed by atoms with Gasteiger partial charge in [0.05, 0.1) is 27.2 Å². The van der Waals surface area contributed by atoms with Crippen molar-refractivity contribution in [1.29, 1.82) is 0 Å². The van der Waals surface area contributed by atoms with Gasteiger partial charge >= 0.3 is 0 Å². The van der Waals surface area contributed by atoms with Crippen LogP contribution in [0.5, 0.6) is 0 Å². The summed E-state index contributed by atoms with van der Waals surface area (Å²) in [6.07, 6.45) is 0.728. The number of amides is 1. The van der Waals surface area contributed by atoms with E-state index in [9.17, 15) is 18.0 Å². The van der Waals surface area contributed by atoms with Gasteiger partial charge in [0.1, 0.15) is 0 Å². The van der Waals surface area contributed by atoms with Crippen LogP contribution in [0.15, 0.2) is 63.4 Å². The lowest BCUT2D eigenvalue weighted by Gasteiger charge is -2.17. The lowest BCUT2D eigenvalue weighted by Crippen LogP contribution is -2.27. The van der Waals surface area contributed by atoms with E-state index in [0.29, 0.717) is 41.3 Å². The number of ether oxygens (including phenoxy) is 1. The topological polar surface area (TPSA) is 133 Å². The number of anilines is 1. The van der Waals surface area contributed by atoms with Gasteiger partial charge in [0.2, 0.25) is 15.9 Å². The summed E-state index contributed by atoms with van der Waals surface area (Å²) >= 11 is 1.18. The Morgan fingerprint density at radius 2 is 1.82 bits per heavy atom. The fourth-order valence-electron chi connectivity index (χ4n) is 3.16. The van der Waals surface area contributed by atoms with E-state index in [2.05, 4.69) is 10.3 Å². The summed E-state index contributed by atoms with van der Waals surface area (Å²) in [5.74, 6) is -0.314. The quantitative estimate of drug-likeness (QED) is 0.246. The summed E-state index contributed by atoms with van der Waals surface area (Å²) < 4.78 is 30.0. The molecule has 0 aliphatic heterocycles. The zero-order valence-corrected chi connectivity index (χ0v) is 20.9. The van der Waals surface area contributed by atoms with Gasteiger partial charge in [0, 0.05) is 18.8 Å². The molecule has 3 aromatic rings. The van der Waals surface area contributed by atoms with Crippen LogP contribution in [0, 0.1) is 0 Å². The van der Waals surface area contributed by atoms with E-state index in [1.165, 1.54) is 36.0 Å². The normalized spacial score (nSPS) is 12.7. The minimum Gasteiger partial charge on any atom is -0.379 e. The molecule has 11 heteroatoms. The first-order chi connectivity index (χ1) is 16.1. The number of rotatable bonds is 10. The number of para-hydroxylation sites is 1. The fraction of sp³-hybridized carbons (Fsp3) is 0.348. The number of aromatic nitrogens is 2. The van der Waals surface area contributed by atoms with Crippen LogP contribution in [-0.2, 0) is 26.1 Å². The molecule has 1 unspecified atom stereocenters. The van der Waals surface area contributed by atoms with Crippen LogP contribution in [0.1, 0.15) is 27.2 Å². The molecule has 1 heterocycles. The Balaban J connectivity index is 1.79. The Bertz CT molecular complexity index is 1320.